The van der Waals surface area contributed by atoms with Gasteiger partial charge in [-0.25, -0.2) is 4.79 Å². The van der Waals surface area contributed by atoms with Crippen molar-refractivity contribution >= 4 is 5.97 Å². The van der Waals surface area contributed by atoms with E-state index in [0.29, 0.717) is 31.8 Å². The third-order valence-electron chi connectivity index (χ3n) is 2.17. The lowest BCUT2D eigenvalue weighted by molar-refractivity contribution is -0.224. The molecule has 0 aliphatic heterocycles. The van der Waals surface area contributed by atoms with E-state index in [1.165, 1.54) is 0 Å². The molecule has 0 rings (SSSR count). The highest BCUT2D eigenvalue weighted by atomic mass is 16.7. The monoisotopic (exact) mass is 242 g/mol. The number of esters is 1. The summed E-state index contributed by atoms with van der Waals surface area (Å²) in [6, 6.07) is 0. The van der Waals surface area contributed by atoms with Crippen LogP contribution >= 0.6 is 0 Å². The van der Waals surface area contributed by atoms with Gasteiger partial charge in [0.05, 0.1) is 19.8 Å². The van der Waals surface area contributed by atoms with Crippen LogP contribution in [0.2, 0.25) is 0 Å². The van der Waals surface area contributed by atoms with E-state index in [9.17, 15) is 4.79 Å². The molecule has 0 aromatic carbocycles. The van der Waals surface area contributed by atoms with Crippen LogP contribution in [0.5, 0.6) is 0 Å². The Morgan fingerprint density at radius 3 is 2.53 bits per heavy atom. The molecule has 0 aromatic rings. The Morgan fingerprint density at radius 2 is 2.06 bits per heavy atom. The first kappa shape index (κ1) is 15.9. The third kappa shape index (κ3) is 6.92. The molecule has 0 heterocycles. The van der Waals surface area contributed by atoms with Gasteiger partial charge in [-0.15, -0.1) is 6.58 Å². The SMILES string of the molecule is C=CCOCCOC(C)(CC)OC(=O)C(=C)C. The highest BCUT2D eigenvalue weighted by molar-refractivity contribution is 5.87. The Balaban J connectivity index is 4.05. The molecule has 98 valence electrons. The minimum atomic E-state index is -0.923. The molecule has 0 saturated carbocycles. The minimum absolute atomic E-state index is 0.358. The maximum absolute atomic E-state index is 11.4. The summed E-state index contributed by atoms with van der Waals surface area (Å²) in [5, 5.41) is 0. The predicted octanol–water partition coefficient (Wildman–Crippen LogP) is 2.45. The van der Waals surface area contributed by atoms with Gasteiger partial charge < -0.3 is 14.2 Å². The zero-order chi connectivity index (χ0) is 13.3. The van der Waals surface area contributed by atoms with Gasteiger partial charge in [-0.2, -0.15) is 0 Å². The molecule has 0 bridgehead atoms. The van der Waals surface area contributed by atoms with Crippen LogP contribution in [0.1, 0.15) is 27.2 Å². The van der Waals surface area contributed by atoms with Crippen LogP contribution < -0.4 is 0 Å². The van der Waals surface area contributed by atoms with Crippen molar-refractivity contribution in [2.75, 3.05) is 19.8 Å². The lowest BCUT2D eigenvalue weighted by atomic mass is 10.2. The first-order valence-corrected chi connectivity index (χ1v) is 5.66. The number of carbonyl (C=O) groups excluding carboxylic acids is 1. The van der Waals surface area contributed by atoms with Crippen molar-refractivity contribution in [1.29, 1.82) is 0 Å². The van der Waals surface area contributed by atoms with Gasteiger partial charge in [-0.3, -0.25) is 0 Å². The normalized spacial score (nSPS) is 13.8. The fraction of sp³-hybridized carbons (Fsp3) is 0.615. The van der Waals surface area contributed by atoms with E-state index >= 15 is 0 Å². The maximum Gasteiger partial charge on any atom is 0.335 e. The number of ether oxygens (including phenoxy) is 3. The van der Waals surface area contributed by atoms with Crippen LogP contribution in [0.15, 0.2) is 24.8 Å². The lowest BCUT2D eigenvalue weighted by Gasteiger charge is -2.28. The summed E-state index contributed by atoms with van der Waals surface area (Å²) in [4.78, 5) is 11.4. The molecule has 17 heavy (non-hydrogen) atoms. The summed E-state index contributed by atoms with van der Waals surface area (Å²) >= 11 is 0. The van der Waals surface area contributed by atoms with Crippen molar-refractivity contribution in [3.05, 3.63) is 24.8 Å². The molecular weight excluding hydrogens is 220 g/mol. The van der Waals surface area contributed by atoms with Gasteiger partial charge in [-0.1, -0.05) is 19.6 Å². The molecule has 0 aromatic heterocycles. The van der Waals surface area contributed by atoms with Crippen LogP contribution in [0.4, 0.5) is 0 Å². The zero-order valence-electron chi connectivity index (χ0n) is 11.0. The Labute approximate surface area is 103 Å². The highest BCUT2D eigenvalue weighted by Crippen LogP contribution is 2.18. The van der Waals surface area contributed by atoms with Gasteiger partial charge in [0.25, 0.3) is 0 Å². The standard InChI is InChI=1S/C13H22O4/c1-6-8-15-9-10-16-13(5,7-2)17-12(14)11(3)4/h6H,1,3,7-10H2,2,4-5H3. The van der Waals surface area contributed by atoms with Gasteiger partial charge in [0.2, 0.25) is 5.79 Å². The highest BCUT2D eigenvalue weighted by Gasteiger charge is 2.27. The molecular formula is C13H22O4. The molecule has 0 saturated heterocycles. The quantitative estimate of drug-likeness (QED) is 0.205. The summed E-state index contributed by atoms with van der Waals surface area (Å²) in [5.74, 6) is -1.37. The second-order valence-corrected chi connectivity index (χ2v) is 3.87. The van der Waals surface area contributed by atoms with Gasteiger partial charge in [0.15, 0.2) is 0 Å². The summed E-state index contributed by atoms with van der Waals surface area (Å²) < 4.78 is 15.9. The molecule has 0 amide bonds. The number of hydrogen-bond donors (Lipinski definition) is 0. The smallest absolute Gasteiger partial charge is 0.335 e. The summed E-state index contributed by atoms with van der Waals surface area (Å²) in [5.41, 5.74) is 0.358. The molecule has 0 aliphatic carbocycles. The zero-order valence-corrected chi connectivity index (χ0v) is 11.0. The first-order valence-electron chi connectivity index (χ1n) is 5.66. The van der Waals surface area contributed by atoms with E-state index in [-0.39, 0.29) is 0 Å². The van der Waals surface area contributed by atoms with Gasteiger partial charge in [0.1, 0.15) is 0 Å². The molecule has 1 atom stereocenters. The molecule has 0 fully saturated rings. The molecule has 4 nitrogen and oxygen atoms in total. The fourth-order valence-electron chi connectivity index (χ4n) is 0.970. The van der Waals surface area contributed by atoms with Crippen molar-refractivity contribution < 1.29 is 19.0 Å². The Hall–Kier alpha value is -1.13. The second-order valence-electron chi connectivity index (χ2n) is 3.87. The summed E-state index contributed by atoms with van der Waals surface area (Å²) in [7, 11) is 0. The molecule has 4 heteroatoms. The Morgan fingerprint density at radius 1 is 1.41 bits per heavy atom. The largest absolute Gasteiger partial charge is 0.430 e. The van der Waals surface area contributed by atoms with E-state index in [4.69, 9.17) is 14.2 Å². The fourth-order valence-corrected chi connectivity index (χ4v) is 0.970. The van der Waals surface area contributed by atoms with Crippen LogP contribution in [0.3, 0.4) is 0 Å². The molecule has 0 N–H and O–H groups in total. The first-order chi connectivity index (χ1) is 7.95. The lowest BCUT2D eigenvalue weighted by Crippen LogP contribution is -2.35. The number of hydrogen-bond acceptors (Lipinski definition) is 4. The third-order valence-corrected chi connectivity index (χ3v) is 2.17. The van der Waals surface area contributed by atoms with Crippen molar-refractivity contribution in [1.82, 2.24) is 0 Å². The van der Waals surface area contributed by atoms with Crippen molar-refractivity contribution in [2.45, 2.75) is 33.0 Å². The molecule has 0 spiro atoms. The topological polar surface area (TPSA) is 44.8 Å². The van der Waals surface area contributed by atoms with E-state index < -0.39 is 11.8 Å². The van der Waals surface area contributed by atoms with Gasteiger partial charge >= 0.3 is 5.97 Å². The van der Waals surface area contributed by atoms with Crippen LogP contribution in [-0.2, 0) is 19.0 Å². The molecule has 0 radical (unpaired) electrons. The number of carbonyl (C=O) groups is 1. The summed E-state index contributed by atoms with van der Waals surface area (Å²) in [6.07, 6.45) is 2.23. The van der Waals surface area contributed by atoms with Gasteiger partial charge in [-0.05, 0) is 6.92 Å². The Kier molecular flexibility index (Phi) is 7.50. The average Bonchev–Trinajstić information content (AvgIpc) is 2.28. The van der Waals surface area contributed by atoms with Gasteiger partial charge in [0, 0.05) is 18.9 Å². The van der Waals surface area contributed by atoms with E-state index in [1.54, 1.807) is 19.9 Å². The van der Waals surface area contributed by atoms with Crippen molar-refractivity contribution in [3.8, 4) is 0 Å². The van der Waals surface area contributed by atoms with E-state index in [2.05, 4.69) is 13.2 Å². The second kappa shape index (κ2) is 8.03. The van der Waals surface area contributed by atoms with E-state index in [0.717, 1.165) is 0 Å². The van der Waals surface area contributed by atoms with Crippen molar-refractivity contribution in [2.24, 2.45) is 0 Å². The van der Waals surface area contributed by atoms with Crippen LogP contribution in [0, 0.1) is 0 Å². The maximum atomic E-state index is 11.4. The van der Waals surface area contributed by atoms with Crippen molar-refractivity contribution in [3.63, 3.8) is 0 Å². The minimum Gasteiger partial charge on any atom is -0.430 e. The average molecular weight is 242 g/mol. The summed E-state index contributed by atoms with van der Waals surface area (Å²) in [6.45, 7) is 13.6. The predicted molar refractivity (Wildman–Crippen MR) is 66.6 cm³/mol. The Bertz CT molecular complexity index is 273. The van der Waals surface area contributed by atoms with Crippen LogP contribution in [-0.4, -0.2) is 31.6 Å². The molecule has 1 unspecified atom stereocenters. The number of rotatable bonds is 9. The molecule has 0 aliphatic rings. The van der Waals surface area contributed by atoms with Crippen LogP contribution in [0.25, 0.3) is 0 Å². The van der Waals surface area contributed by atoms with E-state index in [1.807, 2.05) is 6.92 Å².